The molecule has 1 nitrogen and oxygen atoms in total. The molecule has 0 unspecified atom stereocenters. The van der Waals surface area contributed by atoms with Gasteiger partial charge in [-0.05, 0) is 64.7 Å². The maximum absolute atomic E-state index is 2.42. The molecule has 0 aliphatic rings. The first-order valence-electron chi connectivity index (χ1n) is 14.3. The predicted molar refractivity (Wildman–Crippen MR) is 182 cm³/mol. The molecule has 0 N–H and O–H groups in total. The summed E-state index contributed by atoms with van der Waals surface area (Å²) in [5, 5.41) is 5.12. The highest BCUT2D eigenvalue weighted by Crippen LogP contribution is 2.47. The molecule has 0 spiro atoms. The Morgan fingerprint density at radius 2 is 0.929 bits per heavy atom. The summed E-state index contributed by atoms with van der Waals surface area (Å²) in [6.07, 6.45) is 0. The van der Waals surface area contributed by atoms with Gasteiger partial charge in [-0.25, -0.2) is 0 Å². The van der Waals surface area contributed by atoms with Crippen LogP contribution in [0.25, 0.3) is 53.2 Å². The summed E-state index contributed by atoms with van der Waals surface area (Å²) in [5.74, 6) is 0. The van der Waals surface area contributed by atoms with Crippen molar-refractivity contribution in [1.29, 1.82) is 0 Å². The smallest absolute Gasteiger partial charge is 0.0547 e. The largest absolute Gasteiger partial charge is 0.310 e. The molecule has 8 aromatic rings. The van der Waals surface area contributed by atoms with Crippen molar-refractivity contribution >= 4 is 59.3 Å². The van der Waals surface area contributed by atoms with Crippen molar-refractivity contribution in [1.82, 2.24) is 0 Å². The lowest BCUT2D eigenvalue weighted by atomic mass is 9.99. The second kappa shape index (κ2) is 10.3. The highest BCUT2D eigenvalue weighted by Gasteiger charge is 2.20. The van der Waals surface area contributed by atoms with Crippen LogP contribution in [0, 0.1) is 0 Å². The van der Waals surface area contributed by atoms with E-state index in [1.54, 1.807) is 0 Å². The van der Waals surface area contributed by atoms with Crippen LogP contribution in [0.3, 0.4) is 0 Å². The lowest BCUT2D eigenvalue weighted by Gasteiger charge is -2.27. The van der Waals surface area contributed by atoms with Crippen molar-refractivity contribution in [2.45, 2.75) is 0 Å². The van der Waals surface area contributed by atoms with Gasteiger partial charge in [0.1, 0.15) is 0 Å². The number of benzene rings is 7. The predicted octanol–water partition coefficient (Wildman–Crippen LogP) is 12.0. The standard InChI is InChI=1S/C40H27NS/c1-4-13-28(14-5-1)30-17-12-20-33(25-30)41(32-18-8-3-9-19-32)38-27-37-36-26-31(29-15-6-2-7-16-29)23-24-39(36)42-40(37)35-22-11-10-21-34(35)38/h1-27H. The van der Waals surface area contributed by atoms with E-state index in [1.165, 1.54) is 58.9 Å². The van der Waals surface area contributed by atoms with Gasteiger partial charge in [0.05, 0.1) is 5.69 Å². The van der Waals surface area contributed by atoms with Crippen LogP contribution in [0.2, 0.25) is 0 Å². The highest BCUT2D eigenvalue weighted by molar-refractivity contribution is 7.26. The van der Waals surface area contributed by atoms with Gasteiger partial charge < -0.3 is 4.90 Å². The van der Waals surface area contributed by atoms with Crippen LogP contribution < -0.4 is 4.90 Å². The average Bonchev–Trinajstić information content (AvgIpc) is 3.44. The molecule has 1 aromatic heterocycles. The number of fused-ring (bicyclic) bond motifs is 5. The second-order valence-corrected chi connectivity index (χ2v) is 11.6. The minimum atomic E-state index is 1.14. The first-order chi connectivity index (χ1) is 20.8. The Bertz CT molecular complexity index is 2180. The molecule has 7 aromatic carbocycles. The Balaban J connectivity index is 1.41. The van der Waals surface area contributed by atoms with Crippen LogP contribution in [-0.4, -0.2) is 0 Å². The van der Waals surface area contributed by atoms with Crippen LogP contribution in [0.15, 0.2) is 164 Å². The molecule has 42 heavy (non-hydrogen) atoms. The molecule has 0 fully saturated rings. The minimum Gasteiger partial charge on any atom is -0.310 e. The Morgan fingerprint density at radius 1 is 0.357 bits per heavy atom. The Kier molecular flexibility index (Phi) is 6.05. The number of anilines is 3. The fourth-order valence-electron chi connectivity index (χ4n) is 6.03. The zero-order valence-electron chi connectivity index (χ0n) is 22.9. The molecule has 0 radical (unpaired) electrons. The molecular weight excluding hydrogens is 527 g/mol. The van der Waals surface area contributed by atoms with Gasteiger partial charge in [0.15, 0.2) is 0 Å². The Labute approximate surface area is 249 Å². The van der Waals surface area contributed by atoms with Crippen molar-refractivity contribution in [3.63, 3.8) is 0 Å². The van der Waals surface area contributed by atoms with Crippen molar-refractivity contribution in [2.75, 3.05) is 4.90 Å². The van der Waals surface area contributed by atoms with E-state index in [4.69, 9.17) is 0 Å². The third-order valence-electron chi connectivity index (χ3n) is 8.03. The number of rotatable bonds is 5. The molecule has 0 atom stereocenters. The van der Waals surface area contributed by atoms with E-state index in [1.807, 2.05) is 11.3 Å². The van der Waals surface area contributed by atoms with E-state index in [2.05, 4.69) is 169 Å². The molecule has 0 amide bonds. The zero-order valence-corrected chi connectivity index (χ0v) is 23.8. The van der Waals surface area contributed by atoms with Crippen LogP contribution in [0.4, 0.5) is 17.1 Å². The number of hydrogen-bond donors (Lipinski definition) is 0. The summed E-state index contributed by atoms with van der Waals surface area (Å²) in [4.78, 5) is 2.42. The van der Waals surface area contributed by atoms with Crippen LogP contribution in [-0.2, 0) is 0 Å². The van der Waals surface area contributed by atoms with E-state index >= 15 is 0 Å². The SMILES string of the molecule is c1ccc(-c2cccc(N(c3ccccc3)c3cc4c5cc(-c6ccccc6)ccc5sc4c4ccccc34)c2)cc1. The Hall–Kier alpha value is -5.18. The van der Waals surface area contributed by atoms with Gasteiger partial charge in [0.25, 0.3) is 0 Å². The molecule has 8 rings (SSSR count). The van der Waals surface area contributed by atoms with Gasteiger partial charge >= 0.3 is 0 Å². The van der Waals surface area contributed by atoms with E-state index in [0.717, 1.165) is 11.4 Å². The minimum absolute atomic E-state index is 1.14. The van der Waals surface area contributed by atoms with Gasteiger partial charge in [-0.1, -0.05) is 121 Å². The zero-order chi connectivity index (χ0) is 27.9. The van der Waals surface area contributed by atoms with E-state index in [0.29, 0.717) is 0 Å². The summed E-state index contributed by atoms with van der Waals surface area (Å²) in [6.45, 7) is 0. The lowest BCUT2D eigenvalue weighted by molar-refractivity contribution is 1.30. The average molecular weight is 554 g/mol. The van der Waals surface area contributed by atoms with Crippen molar-refractivity contribution in [3.8, 4) is 22.3 Å². The number of para-hydroxylation sites is 1. The second-order valence-electron chi connectivity index (χ2n) is 10.6. The molecule has 2 heteroatoms. The Morgan fingerprint density at radius 3 is 1.64 bits per heavy atom. The van der Waals surface area contributed by atoms with Gasteiger partial charge in [-0.2, -0.15) is 0 Å². The van der Waals surface area contributed by atoms with Gasteiger partial charge in [-0.15, -0.1) is 11.3 Å². The van der Waals surface area contributed by atoms with Crippen molar-refractivity contribution in [2.24, 2.45) is 0 Å². The molecule has 0 aliphatic heterocycles. The highest BCUT2D eigenvalue weighted by atomic mass is 32.1. The monoisotopic (exact) mass is 553 g/mol. The van der Waals surface area contributed by atoms with Crippen LogP contribution in [0.1, 0.15) is 0 Å². The third kappa shape index (κ3) is 4.25. The third-order valence-corrected chi connectivity index (χ3v) is 9.25. The summed E-state index contributed by atoms with van der Waals surface area (Å²) in [7, 11) is 0. The fraction of sp³-hybridized carbons (Fsp3) is 0. The maximum Gasteiger partial charge on any atom is 0.0547 e. The quantitative estimate of drug-likeness (QED) is 0.205. The first kappa shape index (κ1) is 24.6. The lowest BCUT2D eigenvalue weighted by Crippen LogP contribution is -2.10. The summed E-state index contributed by atoms with van der Waals surface area (Å²) < 4.78 is 2.64. The molecule has 0 saturated carbocycles. The molecule has 1 heterocycles. The van der Waals surface area contributed by atoms with Crippen molar-refractivity contribution < 1.29 is 0 Å². The van der Waals surface area contributed by atoms with Gasteiger partial charge in [0, 0.05) is 42.3 Å². The molecular formula is C40H27NS. The topological polar surface area (TPSA) is 3.24 Å². The number of hydrogen-bond acceptors (Lipinski definition) is 2. The van der Waals surface area contributed by atoms with E-state index in [-0.39, 0.29) is 0 Å². The summed E-state index contributed by atoms with van der Waals surface area (Å²) in [5.41, 5.74) is 8.35. The van der Waals surface area contributed by atoms with Crippen LogP contribution >= 0.6 is 11.3 Å². The fourth-order valence-corrected chi connectivity index (χ4v) is 7.24. The molecule has 0 aliphatic carbocycles. The number of nitrogens with zero attached hydrogens (tertiary/aromatic N) is 1. The van der Waals surface area contributed by atoms with Crippen molar-refractivity contribution in [3.05, 3.63) is 164 Å². The van der Waals surface area contributed by atoms with E-state index < -0.39 is 0 Å². The maximum atomic E-state index is 2.42. The van der Waals surface area contributed by atoms with E-state index in [9.17, 15) is 0 Å². The normalized spacial score (nSPS) is 11.3. The van der Waals surface area contributed by atoms with Gasteiger partial charge in [-0.3, -0.25) is 0 Å². The molecule has 0 bridgehead atoms. The number of thiophene rings is 1. The van der Waals surface area contributed by atoms with Crippen LogP contribution in [0.5, 0.6) is 0 Å². The summed E-state index contributed by atoms with van der Waals surface area (Å²) in [6, 6.07) is 59.1. The molecule has 198 valence electrons. The molecule has 0 saturated heterocycles. The van der Waals surface area contributed by atoms with Gasteiger partial charge in [0.2, 0.25) is 0 Å². The summed E-state index contributed by atoms with van der Waals surface area (Å²) >= 11 is 1.89. The first-order valence-corrected chi connectivity index (χ1v) is 15.1.